The van der Waals surface area contributed by atoms with Crippen LogP contribution >= 0.6 is 22.9 Å². The summed E-state index contributed by atoms with van der Waals surface area (Å²) >= 11 is 8.34. The van der Waals surface area contributed by atoms with Crippen LogP contribution in [0, 0.1) is 0 Å². The minimum absolute atomic E-state index is 0.539. The van der Waals surface area contributed by atoms with Gasteiger partial charge in [-0.25, -0.2) is 4.98 Å². The number of aromatic nitrogens is 1. The molecule has 1 N–H and O–H groups in total. The summed E-state index contributed by atoms with van der Waals surface area (Å²) in [6.07, 6.45) is 3.35. The van der Waals surface area contributed by atoms with Crippen molar-refractivity contribution in [3.63, 3.8) is 0 Å². The Kier molecular flexibility index (Phi) is 5.14. The van der Waals surface area contributed by atoms with Crippen LogP contribution in [0.4, 0.5) is 0 Å². The number of nitrogens with one attached hydrogen (secondary N) is 1. The van der Waals surface area contributed by atoms with Crippen molar-refractivity contribution in [3.05, 3.63) is 52.0 Å². The molecule has 3 heterocycles. The number of benzene rings is 2. The number of likely N-dealkylation sites (tertiary alicyclic amines) is 1. The first kappa shape index (κ1) is 18.2. The predicted molar refractivity (Wildman–Crippen MR) is 113 cm³/mol. The van der Waals surface area contributed by atoms with Gasteiger partial charge in [-0.2, -0.15) is 0 Å². The average molecular weight is 416 g/mol. The largest absolute Gasteiger partial charge is 0.489 e. The van der Waals surface area contributed by atoms with Gasteiger partial charge in [-0.05, 0) is 37.1 Å². The van der Waals surface area contributed by atoms with Crippen LogP contribution < -0.4 is 14.4 Å². The smallest absolute Gasteiger partial charge is 0.179 e. The van der Waals surface area contributed by atoms with Gasteiger partial charge in [0.15, 0.2) is 11.5 Å². The standard InChI is InChI=1S/C22H23ClN2O2S/c23-17-11-15(12-19-21(17)27-10-4-9-26-19)13-25-8-3-5-16(14-25)22-24-18-6-1-2-7-20(18)28-22/h1-2,6-7,11-12,16H,3-5,8-10,13-14H2/p+1/t16-/m0/s1. The Bertz CT molecular complexity index is 957. The summed E-state index contributed by atoms with van der Waals surface area (Å²) in [6.45, 7) is 4.60. The molecule has 4 nitrogen and oxygen atoms in total. The molecule has 1 saturated heterocycles. The van der Waals surface area contributed by atoms with Crippen molar-refractivity contribution in [2.24, 2.45) is 0 Å². The maximum Gasteiger partial charge on any atom is 0.179 e. The molecule has 2 aliphatic heterocycles. The van der Waals surface area contributed by atoms with E-state index in [1.807, 2.05) is 17.4 Å². The predicted octanol–water partition coefficient (Wildman–Crippen LogP) is 4.07. The van der Waals surface area contributed by atoms with Gasteiger partial charge in [0.05, 0.1) is 47.5 Å². The van der Waals surface area contributed by atoms with E-state index >= 15 is 0 Å². The summed E-state index contributed by atoms with van der Waals surface area (Å²) < 4.78 is 12.9. The third-order valence-corrected chi connectivity index (χ3v) is 7.07. The van der Waals surface area contributed by atoms with Gasteiger partial charge in [0.1, 0.15) is 11.6 Å². The normalized spacial score (nSPS) is 22.2. The van der Waals surface area contributed by atoms with Crippen molar-refractivity contribution in [2.75, 3.05) is 26.3 Å². The molecule has 0 saturated carbocycles. The Morgan fingerprint density at radius 3 is 2.96 bits per heavy atom. The first-order valence-electron chi connectivity index (χ1n) is 10.0. The third kappa shape index (κ3) is 3.71. The summed E-state index contributed by atoms with van der Waals surface area (Å²) in [5.41, 5.74) is 2.35. The fraction of sp³-hybridized carbons (Fsp3) is 0.409. The number of thiazole rings is 1. The molecule has 2 atom stereocenters. The van der Waals surface area contributed by atoms with Crippen LogP contribution in [0.15, 0.2) is 36.4 Å². The zero-order valence-electron chi connectivity index (χ0n) is 15.7. The van der Waals surface area contributed by atoms with Crippen LogP contribution in [-0.2, 0) is 6.54 Å². The highest BCUT2D eigenvalue weighted by molar-refractivity contribution is 7.18. The number of hydrogen-bond donors (Lipinski definition) is 1. The van der Waals surface area contributed by atoms with Gasteiger partial charge in [-0.1, -0.05) is 23.7 Å². The number of fused-ring (bicyclic) bond motifs is 2. The molecule has 0 spiro atoms. The van der Waals surface area contributed by atoms with E-state index in [2.05, 4.69) is 30.3 Å². The average Bonchev–Trinajstić information content (AvgIpc) is 3.00. The van der Waals surface area contributed by atoms with Gasteiger partial charge in [-0.15, -0.1) is 11.3 Å². The molecule has 2 aliphatic rings. The first-order chi connectivity index (χ1) is 13.8. The molecule has 28 heavy (non-hydrogen) atoms. The van der Waals surface area contributed by atoms with Crippen molar-refractivity contribution in [1.29, 1.82) is 0 Å². The van der Waals surface area contributed by atoms with E-state index in [-0.39, 0.29) is 0 Å². The molecule has 2 aromatic carbocycles. The Morgan fingerprint density at radius 2 is 2.04 bits per heavy atom. The van der Waals surface area contributed by atoms with Crippen LogP contribution in [0.3, 0.4) is 0 Å². The Balaban J connectivity index is 1.33. The molecule has 146 valence electrons. The number of piperidine rings is 1. The van der Waals surface area contributed by atoms with E-state index in [1.54, 1.807) is 4.90 Å². The molecule has 0 aliphatic carbocycles. The van der Waals surface area contributed by atoms with Gasteiger partial charge >= 0.3 is 0 Å². The second kappa shape index (κ2) is 7.90. The number of hydrogen-bond acceptors (Lipinski definition) is 4. The fourth-order valence-corrected chi connectivity index (χ4v) is 5.65. The lowest BCUT2D eigenvalue weighted by atomic mass is 9.98. The third-order valence-electron chi connectivity index (χ3n) is 5.59. The van der Waals surface area contributed by atoms with Crippen molar-refractivity contribution < 1.29 is 14.4 Å². The summed E-state index contributed by atoms with van der Waals surface area (Å²) in [4.78, 5) is 6.49. The van der Waals surface area contributed by atoms with Crippen LogP contribution in [0.25, 0.3) is 10.2 Å². The SMILES string of the molecule is Clc1cc(C[NH+]2CCC[C@H](c3nc4ccccc4s3)C2)cc2c1OCCCO2. The van der Waals surface area contributed by atoms with E-state index in [4.69, 9.17) is 26.1 Å². The molecule has 3 aromatic rings. The molecule has 0 amide bonds. The lowest BCUT2D eigenvalue weighted by molar-refractivity contribution is -0.920. The lowest BCUT2D eigenvalue weighted by Gasteiger charge is -2.29. The van der Waals surface area contributed by atoms with Crippen molar-refractivity contribution in [3.8, 4) is 11.5 Å². The van der Waals surface area contributed by atoms with E-state index < -0.39 is 0 Å². The van der Waals surface area contributed by atoms with Crippen molar-refractivity contribution in [2.45, 2.75) is 31.7 Å². The van der Waals surface area contributed by atoms with Crippen LogP contribution in [0.5, 0.6) is 11.5 Å². The molecule has 6 heteroatoms. The van der Waals surface area contributed by atoms with Crippen LogP contribution in [0.2, 0.25) is 5.02 Å². The second-order valence-corrected chi connectivity index (χ2v) is 9.16. The molecule has 1 aromatic heterocycles. The number of para-hydroxylation sites is 1. The van der Waals surface area contributed by atoms with Gasteiger partial charge in [0, 0.05) is 12.0 Å². The number of quaternary nitrogens is 1. The van der Waals surface area contributed by atoms with Crippen LogP contribution in [0.1, 0.15) is 35.8 Å². The minimum Gasteiger partial charge on any atom is -0.489 e. The highest BCUT2D eigenvalue weighted by atomic mass is 35.5. The van der Waals surface area contributed by atoms with Crippen LogP contribution in [-0.4, -0.2) is 31.3 Å². The van der Waals surface area contributed by atoms with E-state index in [0.29, 0.717) is 29.9 Å². The van der Waals surface area contributed by atoms with Crippen molar-refractivity contribution in [1.82, 2.24) is 4.98 Å². The lowest BCUT2D eigenvalue weighted by Crippen LogP contribution is -3.12. The monoisotopic (exact) mass is 415 g/mol. The summed E-state index contributed by atoms with van der Waals surface area (Å²) in [5, 5.41) is 1.95. The topological polar surface area (TPSA) is 35.8 Å². The first-order valence-corrected chi connectivity index (χ1v) is 11.2. The molecule has 0 bridgehead atoms. The maximum atomic E-state index is 6.48. The molecular weight excluding hydrogens is 392 g/mol. The van der Waals surface area contributed by atoms with E-state index in [0.717, 1.165) is 30.8 Å². The van der Waals surface area contributed by atoms with Gasteiger partial charge < -0.3 is 14.4 Å². The summed E-state index contributed by atoms with van der Waals surface area (Å²) in [5.74, 6) is 2.03. The molecule has 1 fully saturated rings. The Hall–Kier alpha value is -1.82. The van der Waals surface area contributed by atoms with Gasteiger partial charge in [-0.3, -0.25) is 0 Å². The summed E-state index contributed by atoms with van der Waals surface area (Å²) in [6, 6.07) is 12.6. The number of rotatable bonds is 3. The Labute approximate surface area is 174 Å². The zero-order chi connectivity index (χ0) is 18.9. The number of nitrogens with zero attached hydrogens (tertiary/aromatic N) is 1. The zero-order valence-corrected chi connectivity index (χ0v) is 17.3. The fourth-order valence-electron chi connectivity index (χ4n) is 4.26. The molecule has 0 radical (unpaired) electrons. The highest BCUT2D eigenvalue weighted by Crippen LogP contribution is 2.38. The highest BCUT2D eigenvalue weighted by Gasteiger charge is 2.27. The molecule has 1 unspecified atom stereocenters. The number of halogens is 1. The second-order valence-electron chi connectivity index (χ2n) is 7.70. The molecular formula is C22H24ClN2O2S+. The number of ether oxygens (including phenoxy) is 2. The van der Waals surface area contributed by atoms with Gasteiger partial charge in [0.25, 0.3) is 0 Å². The van der Waals surface area contributed by atoms with Gasteiger partial charge in [0.2, 0.25) is 0 Å². The quantitative estimate of drug-likeness (QED) is 0.700. The van der Waals surface area contributed by atoms with E-state index in [1.165, 1.54) is 34.7 Å². The maximum absolute atomic E-state index is 6.48. The minimum atomic E-state index is 0.539. The molecule has 5 rings (SSSR count). The Morgan fingerprint density at radius 1 is 1.14 bits per heavy atom. The van der Waals surface area contributed by atoms with Crippen molar-refractivity contribution >= 4 is 33.2 Å². The summed E-state index contributed by atoms with van der Waals surface area (Å²) in [7, 11) is 0. The van der Waals surface area contributed by atoms with E-state index in [9.17, 15) is 0 Å².